The van der Waals surface area contributed by atoms with E-state index in [1.165, 1.54) is 0 Å². The Morgan fingerprint density at radius 3 is 1.56 bits per heavy atom. The number of hydrogen-bond acceptors (Lipinski definition) is 5. The van der Waals surface area contributed by atoms with Crippen molar-refractivity contribution in [3.8, 4) is 6.07 Å². The molecule has 0 aliphatic heterocycles. The molecule has 0 aromatic carbocycles. The zero-order valence-electron chi connectivity index (χ0n) is 6.73. The van der Waals surface area contributed by atoms with Crippen molar-refractivity contribution in [3.63, 3.8) is 0 Å². The van der Waals surface area contributed by atoms with Gasteiger partial charge in [0.25, 0.3) is 0 Å². The van der Waals surface area contributed by atoms with Crippen molar-refractivity contribution in [1.82, 2.24) is 0 Å². The van der Waals surface area contributed by atoms with Crippen molar-refractivity contribution in [3.05, 3.63) is 4.13 Å². The first-order chi connectivity index (χ1) is 6.77. The third-order valence-corrected chi connectivity index (χ3v) is 3.84. The molecule has 0 aromatic heterocycles. The maximum atomic E-state index is 12.2. The molecule has 0 heterocycles. The second kappa shape index (κ2) is 3.79. The van der Waals surface area contributed by atoms with Gasteiger partial charge in [0.05, 0.1) is 0 Å². The zero-order chi connectivity index (χ0) is 13.4. The van der Waals surface area contributed by atoms with Gasteiger partial charge in [0.1, 0.15) is 0 Å². The summed E-state index contributed by atoms with van der Waals surface area (Å²) >= 11 is 0. The lowest BCUT2D eigenvalue weighted by Gasteiger charge is -2.23. The lowest BCUT2D eigenvalue weighted by atomic mass is 10.8. The monoisotopic (exact) mass is 287 g/mol. The van der Waals surface area contributed by atoms with E-state index in [-0.39, 0.29) is 6.07 Å². The molecule has 0 aromatic rings. The minimum Gasteiger partial charge on any atom is -0.422 e. The molecular formula is C3F5N2O4S2-. The first kappa shape index (κ1) is 15.0. The van der Waals surface area contributed by atoms with E-state index in [0.29, 0.717) is 0 Å². The van der Waals surface area contributed by atoms with Gasteiger partial charge in [0.2, 0.25) is 0 Å². The molecule has 6 nitrogen and oxygen atoms in total. The summed E-state index contributed by atoms with van der Waals surface area (Å²) in [7, 11) is -13.1. The lowest BCUT2D eigenvalue weighted by molar-refractivity contribution is -0.0425. The van der Waals surface area contributed by atoms with Crippen molar-refractivity contribution in [1.29, 1.82) is 5.26 Å². The van der Waals surface area contributed by atoms with Gasteiger partial charge in [0.15, 0.2) is 26.1 Å². The van der Waals surface area contributed by atoms with Gasteiger partial charge in [-0.15, -0.1) is 0 Å². The van der Waals surface area contributed by atoms with Crippen LogP contribution in [0.25, 0.3) is 4.13 Å². The Labute approximate surface area is 85.8 Å². The predicted molar refractivity (Wildman–Crippen MR) is 37.8 cm³/mol. The summed E-state index contributed by atoms with van der Waals surface area (Å²) in [5.74, 6) is 0. The summed E-state index contributed by atoms with van der Waals surface area (Å²) in [6, 6.07) is -0.191. The van der Waals surface area contributed by atoms with Gasteiger partial charge in [-0.05, 0) is 0 Å². The van der Waals surface area contributed by atoms with Crippen LogP contribution >= 0.6 is 0 Å². The first-order valence-electron chi connectivity index (χ1n) is 2.86. The Kier molecular flexibility index (Phi) is 3.55. The van der Waals surface area contributed by atoms with E-state index in [1.807, 2.05) is 0 Å². The fourth-order valence-corrected chi connectivity index (χ4v) is 2.14. The van der Waals surface area contributed by atoms with Gasteiger partial charge in [-0.1, -0.05) is 0 Å². The van der Waals surface area contributed by atoms with Crippen molar-refractivity contribution in [2.24, 2.45) is 0 Å². The minimum absolute atomic E-state index is 0.191. The van der Waals surface area contributed by atoms with Crippen molar-refractivity contribution < 1.29 is 38.8 Å². The van der Waals surface area contributed by atoms with Crippen LogP contribution in [0.1, 0.15) is 0 Å². The first-order valence-corrected chi connectivity index (χ1v) is 5.74. The van der Waals surface area contributed by atoms with E-state index >= 15 is 0 Å². The van der Waals surface area contributed by atoms with Crippen LogP contribution in [0.5, 0.6) is 0 Å². The highest BCUT2D eigenvalue weighted by molar-refractivity contribution is 8.13. The largest absolute Gasteiger partial charge is 0.480 e. The zero-order valence-corrected chi connectivity index (χ0v) is 8.37. The second-order valence-electron chi connectivity index (χ2n) is 2.10. The molecule has 0 saturated carbocycles. The minimum atomic E-state index is -6.64. The molecule has 16 heavy (non-hydrogen) atoms. The molecule has 94 valence electrons. The topological polar surface area (TPSA) is 106 Å². The van der Waals surface area contributed by atoms with Gasteiger partial charge in [-0.2, -0.15) is 27.2 Å². The van der Waals surface area contributed by atoms with Crippen molar-refractivity contribution in [2.75, 3.05) is 0 Å². The maximum Gasteiger partial charge on any atom is 0.480 e. The van der Waals surface area contributed by atoms with E-state index < -0.39 is 30.8 Å². The average molecular weight is 287 g/mol. The number of sulfonamides is 2. The third-order valence-electron chi connectivity index (χ3n) is 0.943. The smallest absolute Gasteiger partial charge is 0.422 e. The number of rotatable bonds is 3. The van der Waals surface area contributed by atoms with Crippen molar-refractivity contribution >= 4 is 20.0 Å². The standard InChI is InChI=1S/C3F5N2O4S2/c4-2(5,1-9)15(11,12)10-16(13,14)3(6,7)8/q-1. The van der Waals surface area contributed by atoms with E-state index in [2.05, 4.69) is 0 Å². The molecule has 0 saturated heterocycles. The Morgan fingerprint density at radius 1 is 0.938 bits per heavy atom. The summed E-state index contributed by atoms with van der Waals surface area (Å²) < 4.78 is 101. The van der Waals surface area contributed by atoms with Crippen molar-refractivity contribution in [2.45, 2.75) is 10.8 Å². The number of nitrogens with zero attached hydrogens (tertiary/aromatic N) is 2. The Hall–Kier alpha value is -1.00. The molecule has 13 heteroatoms. The van der Waals surface area contributed by atoms with E-state index in [9.17, 15) is 38.8 Å². The average Bonchev–Trinajstić information content (AvgIpc) is 1.99. The number of halogens is 5. The summed E-state index contributed by atoms with van der Waals surface area (Å²) in [4.78, 5) is 0. The summed E-state index contributed by atoms with van der Waals surface area (Å²) in [5.41, 5.74) is -6.15. The van der Waals surface area contributed by atoms with Crippen LogP contribution in [-0.2, 0) is 20.0 Å². The van der Waals surface area contributed by atoms with E-state index in [0.717, 1.165) is 4.13 Å². The fourth-order valence-electron chi connectivity index (χ4n) is 0.276. The lowest BCUT2D eigenvalue weighted by Crippen LogP contribution is -2.31. The molecule has 0 aliphatic carbocycles. The highest BCUT2D eigenvalue weighted by atomic mass is 32.3. The van der Waals surface area contributed by atoms with Crippen LogP contribution < -0.4 is 0 Å². The highest BCUT2D eigenvalue weighted by Crippen LogP contribution is 2.35. The molecule has 0 spiro atoms. The fraction of sp³-hybridized carbons (Fsp3) is 0.667. The molecule has 0 radical (unpaired) electrons. The molecule has 0 fully saturated rings. The van der Waals surface area contributed by atoms with Crippen LogP contribution in [0, 0.1) is 11.3 Å². The Bertz CT molecular complexity index is 511. The van der Waals surface area contributed by atoms with Crippen LogP contribution in [0.3, 0.4) is 0 Å². The molecule has 0 bridgehead atoms. The number of alkyl halides is 5. The van der Waals surface area contributed by atoms with Crippen LogP contribution in [0.2, 0.25) is 0 Å². The van der Waals surface area contributed by atoms with Crippen LogP contribution in [0.15, 0.2) is 0 Å². The SMILES string of the molecule is N#CC(F)(F)S(=O)(=O)[N-]S(=O)(=O)C(F)(F)F. The van der Waals surface area contributed by atoms with Crippen LogP contribution in [-0.4, -0.2) is 27.6 Å². The maximum absolute atomic E-state index is 12.2. The third kappa shape index (κ3) is 2.77. The van der Waals surface area contributed by atoms with Crippen LogP contribution in [0.4, 0.5) is 22.0 Å². The molecule has 0 rings (SSSR count). The van der Waals surface area contributed by atoms with Gasteiger partial charge in [-0.3, -0.25) is 0 Å². The molecule has 0 aliphatic rings. The number of nitriles is 1. The quantitative estimate of drug-likeness (QED) is 0.708. The van der Waals surface area contributed by atoms with Gasteiger partial charge >= 0.3 is 10.8 Å². The van der Waals surface area contributed by atoms with E-state index in [4.69, 9.17) is 5.26 Å². The second-order valence-corrected chi connectivity index (χ2v) is 5.57. The predicted octanol–water partition coefficient (Wildman–Crippen LogP) is 0.656. The molecule has 0 amide bonds. The summed E-state index contributed by atoms with van der Waals surface area (Å²) in [5, 5.41) is 2.26. The van der Waals surface area contributed by atoms with E-state index in [1.54, 1.807) is 0 Å². The summed E-state index contributed by atoms with van der Waals surface area (Å²) in [6.45, 7) is 0. The summed E-state index contributed by atoms with van der Waals surface area (Å²) in [6.07, 6.45) is 0. The number of hydrogen-bond donors (Lipinski definition) is 0. The molecular weight excluding hydrogens is 287 g/mol. The van der Waals surface area contributed by atoms with Gasteiger partial charge in [0, 0.05) is 0 Å². The Balaban J connectivity index is 5.45. The molecule has 0 atom stereocenters. The highest BCUT2D eigenvalue weighted by Gasteiger charge is 2.46. The normalized spacial score (nSPS) is 14.5. The van der Waals surface area contributed by atoms with Gasteiger partial charge in [-0.25, -0.2) is 16.8 Å². The van der Waals surface area contributed by atoms with Gasteiger partial charge < -0.3 is 4.13 Å². The molecule has 0 unspecified atom stereocenters. The Morgan fingerprint density at radius 2 is 1.31 bits per heavy atom. The molecule has 0 N–H and O–H groups in total.